The van der Waals surface area contributed by atoms with Crippen LogP contribution in [0, 0.1) is 21.8 Å². The number of anilines is 1. The predicted molar refractivity (Wildman–Crippen MR) is 110 cm³/mol. The van der Waals surface area contributed by atoms with Crippen LogP contribution in [-0.4, -0.2) is 35.4 Å². The van der Waals surface area contributed by atoms with Gasteiger partial charge in [-0.15, -0.1) is 0 Å². The van der Waals surface area contributed by atoms with Crippen LogP contribution in [-0.2, 0) is 14.3 Å². The number of benzene rings is 2. The highest BCUT2D eigenvalue weighted by atomic mass is 35.5. The second-order valence-electron chi connectivity index (χ2n) is 6.75. The fourth-order valence-corrected chi connectivity index (χ4v) is 2.74. The number of hydrogen-bond acceptors (Lipinski definition) is 6. The fourth-order valence-electron chi connectivity index (χ4n) is 2.52. The summed E-state index contributed by atoms with van der Waals surface area (Å²) in [5.41, 5.74) is -0.670. The quantitative estimate of drug-likeness (QED) is 0.360. The normalized spacial score (nSPS) is 11.5. The number of carbonyl (C=O) groups is 3. The van der Waals surface area contributed by atoms with Crippen molar-refractivity contribution in [1.82, 2.24) is 5.32 Å². The largest absolute Gasteiger partial charge is 0.454 e. The van der Waals surface area contributed by atoms with Crippen LogP contribution in [0.25, 0.3) is 0 Å². The van der Waals surface area contributed by atoms with Crippen molar-refractivity contribution in [1.29, 1.82) is 0 Å². The van der Waals surface area contributed by atoms with Crippen molar-refractivity contribution in [2.45, 2.75) is 19.9 Å². The van der Waals surface area contributed by atoms with Gasteiger partial charge in [-0.3, -0.25) is 19.7 Å². The number of nitro benzene ring substituents is 1. The number of nitrogens with one attached hydrogen (secondary N) is 2. The van der Waals surface area contributed by atoms with Crippen molar-refractivity contribution < 1.29 is 28.4 Å². The van der Waals surface area contributed by atoms with Gasteiger partial charge in [0.1, 0.15) is 6.04 Å². The lowest BCUT2D eigenvalue weighted by molar-refractivity contribution is -0.387. The van der Waals surface area contributed by atoms with Crippen molar-refractivity contribution >= 4 is 40.8 Å². The minimum Gasteiger partial charge on any atom is -0.454 e. The molecule has 2 aromatic carbocycles. The molecule has 2 N–H and O–H groups in total. The Labute approximate surface area is 181 Å². The molecule has 0 heterocycles. The molecule has 2 amide bonds. The Morgan fingerprint density at radius 1 is 1.19 bits per heavy atom. The first-order valence-corrected chi connectivity index (χ1v) is 9.43. The molecule has 2 rings (SSSR count). The average molecular weight is 452 g/mol. The summed E-state index contributed by atoms with van der Waals surface area (Å²) in [6.45, 7) is 2.64. The van der Waals surface area contributed by atoms with E-state index < -0.39 is 46.9 Å². The van der Waals surface area contributed by atoms with Crippen LogP contribution < -0.4 is 10.6 Å². The van der Waals surface area contributed by atoms with Crippen LogP contribution in [0.2, 0.25) is 5.02 Å². The molecule has 0 aromatic heterocycles. The molecular formula is C20H19ClFN3O6. The lowest BCUT2D eigenvalue weighted by Crippen LogP contribution is -2.46. The number of amides is 2. The van der Waals surface area contributed by atoms with E-state index in [4.69, 9.17) is 16.3 Å². The van der Waals surface area contributed by atoms with E-state index in [9.17, 15) is 28.9 Å². The molecule has 0 aliphatic heterocycles. The van der Waals surface area contributed by atoms with Crippen LogP contribution >= 0.6 is 11.6 Å². The predicted octanol–water partition coefficient (Wildman–Crippen LogP) is 3.32. The van der Waals surface area contributed by atoms with Gasteiger partial charge in [0.15, 0.2) is 6.61 Å². The second kappa shape index (κ2) is 10.5. The molecule has 1 atom stereocenters. The van der Waals surface area contributed by atoms with Crippen molar-refractivity contribution in [3.63, 3.8) is 0 Å². The van der Waals surface area contributed by atoms with E-state index in [1.54, 1.807) is 26.0 Å². The van der Waals surface area contributed by atoms with Crippen LogP contribution in [0.3, 0.4) is 0 Å². The van der Waals surface area contributed by atoms with Crippen LogP contribution in [0.4, 0.5) is 15.8 Å². The van der Waals surface area contributed by atoms with Gasteiger partial charge >= 0.3 is 11.7 Å². The maximum Gasteiger partial charge on any atom is 0.329 e. The molecule has 0 aliphatic rings. The van der Waals surface area contributed by atoms with Gasteiger partial charge in [-0.1, -0.05) is 37.6 Å². The number of halogens is 2. The number of ether oxygens (including phenoxy) is 1. The summed E-state index contributed by atoms with van der Waals surface area (Å²) in [6.07, 6.45) is 0. The van der Waals surface area contributed by atoms with Gasteiger partial charge in [-0.05, 0) is 30.2 Å². The Morgan fingerprint density at radius 3 is 2.48 bits per heavy atom. The lowest BCUT2D eigenvalue weighted by atomic mass is 10.0. The van der Waals surface area contributed by atoms with Gasteiger partial charge < -0.3 is 15.4 Å². The van der Waals surface area contributed by atoms with Crippen molar-refractivity contribution in [3.8, 4) is 0 Å². The first-order valence-electron chi connectivity index (χ1n) is 9.06. The molecule has 0 bridgehead atoms. The summed E-state index contributed by atoms with van der Waals surface area (Å²) in [5, 5.41) is 15.8. The second-order valence-corrected chi connectivity index (χ2v) is 7.16. The highest BCUT2D eigenvalue weighted by Gasteiger charge is 2.27. The Bertz CT molecular complexity index is 1010. The summed E-state index contributed by atoms with van der Waals surface area (Å²) >= 11 is 5.99. The zero-order chi connectivity index (χ0) is 23.1. The van der Waals surface area contributed by atoms with Crippen LogP contribution in [0.5, 0.6) is 0 Å². The van der Waals surface area contributed by atoms with Gasteiger partial charge in [0.05, 0.1) is 15.5 Å². The number of rotatable bonds is 8. The summed E-state index contributed by atoms with van der Waals surface area (Å²) in [6, 6.07) is 8.05. The topological polar surface area (TPSA) is 128 Å². The van der Waals surface area contributed by atoms with E-state index in [-0.39, 0.29) is 22.2 Å². The molecule has 0 aliphatic carbocycles. The molecule has 9 nitrogen and oxygen atoms in total. The Morgan fingerprint density at radius 2 is 1.87 bits per heavy atom. The molecule has 31 heavy (non-hydrogen) atoms. The Kier molecular flexibility index (Phi) is 8.03. The monoisotopic (exact) mass is 451 g/mol. The van der Waals surface area contributed by atoms with E-state index in [0.717, 1.165) is 18.2 Å². The summed E-state index contributed by atoms with van der Waals surface area (Å²) in [5.74, 6) is -3.64. The van der Waals surface area contributed by atoms with E-state index in [0.29, 0.717) is 0 Å². The molecule has 0 radical (unpaired) electrons. The number of nitrogens with zero attached hydrogens (tertiary/aromatic N) is 1. The van der Waals surface area contributed by atoms with E-state index >= 15 is 0 Å². The minimum absolute atomic E-state index is 0.0402. The van der Waals surface area contributed by atoms with E-state index in [1.807, 2.05) is 0 Å². The maximum absolute atomic E-state index is 13.4. The minimum atomic E-state index is -1.05. The molecule has 0 saturated heterocycles. The van der Waals surface area contributed by atoms with Crippen molar-refractivity contribution in [2.24, 2.45) is 5.92 Å². The maximum atomic E-state index is 13.4. The summed E-state index contributed by atoms with van der Waals surface area (Å²) in [4.78, 5) is 46.6. The molecule has 0 spiro atoms. The molecule has 0 unspecified atom stereocenters. The smallest absolute Gasteiger partial charge is 0.329 e. The van der Waals surface area contributed by atoms with E-state index in [2.05, 4.69) is 10.6 Å². The summed E-state index contributed by atoms with van der Waals surface area (Å²) in [7, 11) is 0. The lowest BCUT2D eigenvalue weighted by Gasteiger charge is -2.21. The zero-order valence-corrected chi connectivity index (χ0v) is 17.3. The van der Waals surface area contributed by atoms with Crippen molar-refractivity contribution in [3.05, 3.63) is 69.0 Å². The number of hydrogen-bond donors (Lipinski definition) is 2. The van der Waals surface area contributed by atoms with Gasteiger partial charge in [0.2, 0.25) is 5.82 Å². The molecule has 0 saturated carbocycles. The third kappa shape index (κ3) is 6.48. The molecule has 0 fully saturated rings. The standard InChI is InChI=1S/C20H19ClFN3O6/c1-11(2)18(24-19(27)13-5-3-4-6-14(13)21)20(28)31-10-17(26)23-12-7-8-15(22)16(9-12)25(29)30/h3-9,11,18H,10H2,1-2H3,(H,23,26)(H,24,27)/t18-/m0/s1. The average Bonchev–Trinajstić information content (AvgIpc) is 2.71. The Balaban J connectivity index is 1.98. The van der Waals surface area contributed by atoms with Gasteiger partial charge in [-0.2, -0.15) is 4.39 Å². The number of nitro groups is 1. The van der Waals surface area contributed by atoms with Gasteiger partial charge in [-0.25, -0.2) is 4.79 Å². The van der Waals surface area contributed by atoms with Crippen LogP contribution in [0.1, 0.15) is 24.2 Å². The third-order valence-corrected chi connectivity index (χ3v) is 4.43. The molecule has 11 heteroatoms. The van der Waals surface area contributed by atoms with Crippen LogP contribution in [0.15, 0.2) is 42.5 Å². The fraction of sp³-hybridized carbons (Fsp3) is 0.250. The first-order chi connectivity index (χ1) is 14.6. The Hall–Kier alpha value is -3.53. The van der Waals surface area contributed by atoms with Gasteiger partial charge in [0, 0.05) is 11.8 Å². The third-order valence-electron chi connectivity index (χ3n) is 4.10. The highest BCUT2D eigenvalue weighted by molar-refractivity contribution is 6.33. The van der Waals surface area contributed by atoms with Crippen molar-refractivity contribution in [2.75, 3.05) is 11.9 Å². The van der Waals surface area contributed by atoms with Gasteiger partial charge in [0.25, 0.3) is 11.8 Å². The number of carbonyl (C=O) groups excluding carboxylic acids is 3. The zero-order valence-electron chi connectivity index (χ0n) is 16.6. The number of esters is 1. The molecule has 2 aromatic rings. The SMILES string of the molecule is CC(C)[C@H](NC(=O)c1ccccc1Cl)C(=O)OCC(=O)Nc1ccc(F)c([N+](=O)[O-])c1. The highest BCUT2D eigenvalue weighted by Crippen LogP contribution is 2.21. The first kappa shape index (κ1) is 23.7. The molecule has 164 valence electrons. The van der Waals surface area contributed by atoms with E-state index in [1.165, 1.54) is 12.1 Å². The summed E-state index contributed by atoms with van der Waals surface area (Å²) < 4.78 is 18.3. The molecular weight excluding hydrogens is 433 g/mol.